The Hall–Kier alpha value is -1.72. The molecule has 0 saturated carbocycles. The Balaban J connectivity index is 2.29. The molecule has 0 amide bonds. The van der Waals surface area contributed by atoms with E-state index in [0.717, 1.165) is 18.4 Å². The molecule has 0 aromatic heterocycles. The molecule has 5 nitrogen and oxygen atoms in total. The maximum absolute atomic E-state index is 12.1. The number of carbonyl (C=O) groups is 2. The first-order chi connectivity index (χ1) is 11.2. The van der Waals surface area contributed by atoms with E-state index in [2.05, 4.69) is 12.4 Å². The zero-order valence-electron chi connectivity index (χ0n) is 14.0. The summed E-state index contributed by atoms with van der Waals surface area (Å²) in [6.07, 6.45) is 3.23. The number of esters is 1. The third-order valence-corrected chi connectivity index (χ3v) is 3.57. The van der Waals surface area contributed by atoms with Gasteiger partial charge >= 0.3 is 5.97 Å². The minimum Gasteiger partial charge on any atom is -0.455 e. The quantitative estimate of drug-likeness (QED) is 0.277. The molecule has 1 N–H and O–H groups in total. The number of ketones is 1. The van der Waals surface area contributed by atoms with Crippen molar-refractivity contribution in [3.63, 3.8) is 0 Å². The van der Waals surface area contributed by atoms with Gasteiger partial charge in [0.1, 0.15) is 6.61 Å². The van der Waals surface area contributed by atoms with Gasteiger partial charge in [-0.15, -0.1) is 0 Å². The molecule has 0 aliphatic carbocycles. The van der Waals surface area contributed by atoms with Crippen LogP contribution in [0.3, 0.4) is 0 Å². The van der Waals surface area contributed by atoms with Crippen LogP contribution in [0.5, 0.6) is 0 Å². The van der Waals surface area contributed by atoms with E-state index in [1.54, 1.807) is 0 Å². The van der Waals surface area contributed by atoms with Gasteiger partial charge in [-0.2, -0.15) is 0 Å². The summed E-state index contributed by atoms with van der Waals surface area (Å²) in [6, 6.07) is 9.33. The molecule has 0 saturated heterocycles. The van der Waals surface area contributed by atoms with Gasteiger partial charge in [-0.25, -0.2) is 10.3 Å². The molecule has 0 aliphatic heterocycles. The highest BCUT2D eigenvalue weighted by Gasteiger charge is 2.24. The average molecular weight is 321 g/mol. The Bertz CT molecular complexity index is 461. The number of unbranched alkanes of at least 4 members (excludes halogenated alkanes) is 1. The predicted molar refractivity (Wildman–Crippen MR) is 88.5 cm³/mol. The molecule has 0 bridgehead atoms. The zero-order chi connectivity index (χ0) is 16.9. The summed E-state index contributed by atoms with van der Waals surface area (Å²) in [6.45, 7) is 5.31. The predicted octanol–water partition coefficient (Wildman–Crippen LogP) is 3.04. The molecule has 1 unspecified atom stereocenters. The molecule has 1 aromatic rings. The summed E-state index contributed by atoms with van der Waals surface area (Å²) in [5.74, 6) is -1.55. The Labute approximate surface area is 138 Å². The number of nitrogens with one attached hydrogen (secondary N) is 1. The standard InChI is InChI=1S/C18H27NO4/c1-3-5-13-23-19-12-11-16(4-2)17(20)18(21)22-14-15-9-7-6-8-10-15/h6-10,16,19H,3-5,11-14H2,1-2H3. The number of hydroxylamine groups is 1. The number of ether oxygens (including phenoxy) is 1. The lowest BCUT2D eigenvalue weighted by Gasteiger charge is -2.13. The lowest BCUT2D eigenvalue weighted by Crippen LogP contribution is -2.28. The molecule has 1 rings (SSSR count). The number of rotatable bonds is 12. The minimum atomic E-state index is -0.757. The number of Topliss-reactive ketones (excluding diaryl/α,β-unsaturated/α-hetero) is 1. The van der Waals surface area contributed by atoms with Gasteiger partial charge in [-0.3, -0.25) is 4.79 Å². The molecular formula is C18H27NO4. The highest BCUT2D eigenvalue weighted by atomic mass is 16.6. The van der Waals surface area contributed by atoms with E-state index in [0.29, 0.717) is 26.0 Å². The van der Waals surface area contributed by atoms with E-state index in [1.807, 2.05) is 37.3 Å². The van der Waals surface area contributed by atoms with Crippen LogP contribution in [-0.2, 0) is 25.8 Å². The first kappa shape index (κ1) is 19.3. The molecule has 1 aromatic carbocycles. The van der Waals surface area contributed by atoms with Gasteiger partial charge in [-0.05, 0) is 24.8 Å². The largest absolute Gasteiger partial charge is 0.455 e. The zero-order valence-corrected chi connectivity index (χ0v) is 14.0. The van der Waals surface area contributed by atoms with E-state index in [-0.39, 0.29) is 12.5 Å². The second kappa shape index (κ2) is 11.8. The highest BCUT2D eigenvalue weighted by molar-refractivity contribution is 6.34. The fourth-order valence-electron chi connectivity index (χ4n) is 2.08. The monoisotopic (exact) mass is 321 g/mol. The van der Waals surface area contributed by atoms with Gasteiger partial charge in [-0.1, -0.05) is 50.6 Å². The van der Waals surface area contributed by atoms with Crippen LogP contribution in [0.4, 0.5) is 0 Å². The number of hydrogen-bond acceptors (Lipinski definition) is 5. The van der Waals surface area contributed by atoms with Gasteiger partial charge in [0.05, 0.1) is 6.61 Å². The van der Waals surface area contributed by atoms with Gasteiger partial charge in [0.15, 0.2) is 0 Å². The molecular weight excluding hydrogens is 294 g/mol. The second-order valence-corrected chi connectivity index (χ2v) is 5.42. The van der Waals surface area contributed by atoms with Crippen molar-refractivity contribution in [2.75, 3.05) is 13.2 Å². The van der Waals surface area contributed by atoms with Crippen molar-refractivity contribution in [2.45, 2.75) is 46.1 Å². The van der Waals surface area contributed by atoms with Gasteiger partial charge in [0.25, 0.3) is 0 Å². The lowest BCUT2D eigenvalue weighted by molar-refractivity contribution is -0.156. The molecule has 1 atom stereocenters. The maximum Gasteiger partial charge on any atom is 0.375 e. The average Bonchev–Trinajstić information content (AvgIpc) is 2.59. The number of carbonyl (C=O) groups excluding carboxylic acids is 2. The molecule has 0 radical (unpaired) electrons. The van der Waals surface area contributed by atoms with Crippen LogP contribution in [0, 0.1) is 5.92 Å². The van der Waals surface area contributed by atoms with E-state index < -0.39 is 11.8 Å². The Morgan fingerprint density at radius 1 is 1.17 bits per heavy atom. The van der Waals surface area contributed by atoms with E-state index in [4.69, 9.17) is 9.57 Å². The van der Waals surface area contributed by atoms with Crippen LogP contribution in [0.1, 0.15) is 45.1 Å². The Morgan fingerprint density at radius 2 is 1.91 bits per heavy atom. The van der Waals surface area contributed by atoms with Crippen LogP contribution in [0.2, 0.25) is 0 Å². The summed E-state index contributed by atoms with van der Waals surface area (Å²) >= 11 is 0. The summed E-state index contributed by atoms with van der Waals surface area (Å²) < 4.78 is 5.09. The summed E-state index contributed by atoms with van der Waals surface area (Å²) in [7, 11) is 0. The molecule has 0 fully saturated rings. The molecule has 0 spiro atoms. The highest BCUT2D eigenvalue weighted by Crippen LogP contribution is 2.11. The van der Waals surface area contributed by atoms with E-state index in [1.165, 1.54) is 0 Å². The molecule has 23 heavy (non-hydrogen) atoms. The van der Waals surface area contributed by atoms with Crippen molar-refractivity contribution in [2.24, 2.45) is 5.92 Å². The molecule has 0 heterocycles. The van der Waals surface area contributed by atoms with Crippen molar-refractivity contribution in [1.29, 1.82) is 0 Å². The number of benzene rings is 1. The maximum atomic E-state index is 12.1. The Morgan fingerprint density at radius 3 is 2.57 bits per heavy atom. The topological polar surface area (TPSA) is 64.6 Å². The summed E-state index contributed by atoms with van der Waals surface area (Å²) in [5, 5.41) is 0. The van der Waals surface area contributed by atoms with Gasteiger partial charge in [0, 0.05) is 12.5 Å². The fraction of sp³-hybridized carbons (Fsp3) is 0.556. The van der Waals surface area contributed by atoms with Crippen molar-refractivity contribution in [1.82, 2.24) is 5.48 Å². The van der Waals surface area contributed by atoms with Gasteiger partial charge in [0.2, 0.25) is 5.78 Å². The molecule has 128 valence electrons. The molecule has 5 heteroatoms. The smallest absolute Gasteiger partial charge is 0.375 e. The van der Waals surface area contributed by atoms with Crippen molar-refractivity contribution in [3.8, 4) is 0 Å². The summed E-state index contributed by atoms with van der Waals surface area (Å²) in [5.41, 5.74) is 3.70. The molecule has 0 aliphatic rings. The first-order valence-electron chi connectivity index (χ1n) is 8.28. The van der Waals surface area contributed by atoms with Crippen LogP contribution >= 0.6 is 0 Å². The third-order valence-electron chi connectivity index (χ3n) is 3.57. The van der Waals surface area contributed by atoms with Crippen LogP contribution in [0.15, 0.2) is 30.3 Å². The minimum absolute atomic E-state index is 0.125. The van der Waals surface area contributed by atoms with Crippen molar-refractivity contribution < 1.29 is 19.2 Å². The van der Waals surface area contributed by atoms with Gasteiger partial charge < -0.3 is 9.57 Å². The lowest BCUT2D eigenvalue weighted by atomic mass is 9.97. The van der Waals surface area contributed by atoms with Crippen molar-refractivity contribution >= 4 is 11.8 Å². The van der Waals surface area contributed by atoms with Crippen LogP contribution in [0.25, 0.3) is 0 Å². The van der Waals surface area contributed by atoms with Crippen molar-refractivity contribution in [3.05, 3.63) is 35.9 Å². The second-order valence-electron chi connectivity index (χ2n) is 5.42. The number of hydrogen-bond donors (Lipinski definition) is 1. The normalized spacial score (nSPS) is 11.9. The summed E-state index contributed by atoms with van der Waals surface area (Å²) in [4.78, 5) is 29.2. The fourth-order valence-corrected chi connectivity index (χ4v) is 2.08. The van der Waals surface area contributed by atoms with E-state index >= 15 is 0 Å². The SMILES string of the molecule is CCCCONCCC(CC)C(=O)C(=O)OCc1ccccc1. The third kappa shape index (κ3) is 7.90. The van der Waals surface area contributed by atoms with Crippen LogP contribution < -0.4 is 5.48 Å². The van der Waals surface area contributed by atoms with E-state index in [9.17, 15) is 9.59 Å². The van der Waals surface area contributed by atoms with Crippen LogP contribution in [-0.4, -0.2) is 24.9 Å². The first-order valence-corrected chi connectivity index (χ1v) is 8.28. The Kier molecular flexibility index (Phi) is 9.91.